The SMILES string of the molecule is CCNC(=O)C1(C)OC1C. The molecule has 1 aliphatic rings. The Hall–Kier alpha value is -0.570. The summed E-state index contributed by atoms with van der Waals surface area (Å²) in [5.41, 5.74) is -0.532. The van der Waals surface area contributed by atoms with Crippen molar-refractivity contribution in [3.63, 3.8) is 0 Å². The van der Waals surface area contributed by atoms with E-state index in [0.29, 0.717) is 6.54 Å². The average molecular weight is 143 g/mol. The normalized spacial score (nSPS) is 37.3. The number of carbonyl (C=O) groups excluding carboxylic acids is 1. The Bertz CT molecular complexity index is 158. The fourth-order valence-corrected chi connectivity index (χ4v) is 0.907. The summed E-state index contributed by atoms with van der Waals surface area (Å²) in [5, 5.41) is 2.71. The molecule has 3 heteroatoms. The third-order valence-electron chi connectivity index (χ3n) is 1.93. The maximum absolute atomic E-state index is 11.1. The summed E-state index contributed by atoms with van der Waals surface area (Å²) >= 11 is 0. The van der Waals surface area contributed by atoms with Gasteiger partial charge in [-0.15, -0.1) is 0 Å². The van der Waals surface area contributed by atoms with Gasteiger partial charge in [-0.25, -0.2) is 0 Å². The summed E-state index contributed by atoms with van der Waals surface area (Å²) < 4.78 is 5.11. The lowest BCUT2D eigenvalue weighted by atomic mass is 10.1. The zero-order valence-electron chi connectivity index (χ0n) is 6.60. The lowest BCUT2D eigenvalue weighted by Gasteiger charge is -2.04. The van der Waals surface area contributed by atoms with Crippen molar-refractivity contribution in [2.75, 3.05) is 6.54 Å². The molecule has 10 heavy (non-hydrogen) atoms. The van der Waals surface area contributed by atoms with E-state index in [0.717, 1.165) is 0 Å². The molecule has 3 nitrogen and oxygen atoms in total. The number of hydrogen-bond acceptors (Lipinski definition) is 2. The molecule has 1 amide bonds. The summed E-state index contributed by atoms with van der Waals surface area (Å²) in [4.78, 5) is 11.1. The topological polar surface area (TPSA) is 41.6 Å². The Morgan fingerprint density at radius 3 is 2.60 bits per heavy atom. The molecule has 0 radical (unpaired) electrons. The zero-order chi connectivity index (χ0) is 7.78. The molecule has 1 fully saturated rings. The number of amides is 1. The Balaban J connectivity index is 2.43. The third kappa shape index (κ3) is 1.01. The van der Waals surface area contributed by atoms with Crippen LogP contribution < -0.4 is 5.32 Å². The fourth-order valence-electron chi connectivity index (χ4n) is 0.907. The predicted octanol–water partition coefficient (Wildman–Crippen LogP) is 0.300. The molecule has 0 bridgehead atoms. The number of rotatable bonds is 2. The third-order valence-corrected chi connectivity index (χ3v) is 1.93. The number of ether oxygens (including phenoxy) is 1. The molecule has 1 aliphatic heterocycles. The highest BCUT2D eigenvalue weighted by atomic mass is 16.6. The number of hydrogen-bond donors (Lipinski definition) is 1. The van der Waals surface area contributed by atoms with Gasteiger partial charge in [0.25, 0.3) is 5.91 Å². The summed E-state index contributed by atoms with van der Waals surface area (Å²) in [6.45, 7) is 6.27. The van der Waals surface area contributed by atoms with Crippen LogP contribution in [0.1, 0.15) is 20.8 Å². The summed E-state index contributed by atoms with van der Waals surface area (Å²) in [6, 6.07) is 0. The summed E-state index contributed by atoms with van der Waals surface area (Å²) in [7, 11) is 0. The first-order valence-corrected chi connectivity index (χ1v) is 3.57. The van der Waals surface area contributed by atoms with Crippen LogP contribution >= 0.6 is 0 Å². The highest BCUT2D eigenvalue weighted by molar-refractivity contribution is 5.87. The van der Waals surface area contributed by atoms with Crippen molar-refractivity contribution >= 4 is 5.91 Å². The minimum Gasteiger partial charge on any atom is -0.356 e. The van der Waals surface area contributed by atoms with Gasteiger partial charge in [-0.2, -0.15) is 0 Å². The van der Waals surface area contributed by atoms with E-state index in [1.165, 1.54) is 0 Å². The lowest BCUT2D eigenvalue weighted by molar-refractivity contribution is -0.125. The molecular weight excluding hydrogens is 130 g/mol. The number of nitrogens with one attached hydrogen (secondary N) is 1. The second-order valence-electron chi connectivity index (χ2n) is 2.73. The van der Waals surface area contributed by atoms with Gasteiger partial charge in [-0.1, -0.05) is 0 Å². The Morgan fingerprint density at radius 1 is 1.80 bits per heavy atom. The quantitative estimate of drug-likeness (QED) is 0.565. The molecule has 0 spiro atoms. The van der Waals surface area contributed by atoms with Gasteiger partial charge in [0.2, 0.25) is 0 Å². The summed E-state index contributed by atoms with van der Waals surface area (Å²) in [5.74, 6) is 0.00231. The molecule has 2 unspecified atom stereocenters. The standard InChI is InChI=1S/C7H13NO2/c1-4-8-6(9)7(3)5(2)10-7/h5H,4H2,1-3H3,(H,8,9). The van der Waals surface area contributed by atoms with Crippen LogP contribution in [-0.4, -0.2) is 24.2 Å². The van der Waals surface area contributed by atoms with Crippen LogP contribution in [0.3, 0.4) is 0 Å². The molecule has 58 valence electrons. The van der Waals surface area contributed by atoms with Crippen LogP contribution in [0.2, 0.25) is 0 Å². The Kier molecular flexibility index (Phi) is 1.68. The maximum Gasteiger partial charge on any atom is 0.254 e. The molecule has 1 heterocycles. The van der Waals surface area contributed by atoms with Crippen LogP contribution in [-0.2, 0) is 9.53 Å². The van der Waals surface area contributed by atoms with Crippen molar-refractivity contribution in [3.05, 3.63) is 0 Å². The van der Waals surface area contributed by atoms with Gasteiger partial charge in [0, 0.05) is 6.54 Å². The predicted molar refractivity (Wildman–Crippen MR) is 37.6 cm³/mol. The molecule has 1 N–H and O–H groups in total. The van der Waals surface area contributed by atoms with E-state index in [4.69, 9.17) is 4.74 Å². The van der Waals surface area contributed by atoms with Crippen molar-refractivity contribution in [1.82, 2.24) is 5.32 Å². The van der Waals surface area contributed by atoms with Gasteiger partial charge in [0.15, 0.2) is 5.60 Å². The molecule has 2 atom stereocenters. The molecule has 0 aromatic heterocycles. The molecule has 0 aromatic carbocycles. The van der Waals surface area contributed by atoms with Crippen molar-refractivity contribution in [3.8, 4) is 0 Å². The van der Waals surface area contributed by atoms with E-state index >= 15 is 0 Å². The zero-order valence-corrected chi connectivity index (χ0v) is 6.60. The van der Waals surface area contributed by atoms with Crippen LogP contribution in [0, 0.1) is 0 Å². The fraction of sp³-hybridized carbons (Fsp3) is 0.857. The van der Waals surface area contributed by atoms with E-state index in [2.05, 4.69) is 5.32 Å². The highest BCUT2D eigenvalue weighted by Crippen LogP contribution is 2.35. The molecule has 0 aromatic rings. The Labute approximate surface area is 60.7 Å². The van der Waals surface area contributed by atoms with Gasteiger partial charge in [0.1, 0.15) is 0 Å². The van der Waals surface area contributed by atoms with Crippen molar-refractivity contribution in [2.24, 2.45) is 0 Å². The number of carbonyl (C=O) groups is 1. The van der Waals surface area contributed by atoms with E-state index in [-0.39, 0.29) is 12.0 Å². The minimum absolute atomic E-state index is 0.00231. The van der Waals surface area contributed by atoms with Crippen molar-refractivity contribution < 1.29 is 9.53 Å². The highest BCUT2D eigenvalue weighted by Gasteiger charge is 2.55. The first-order chi connectivity index (χ1) is 4.61. The number of likely N-dealkylation sites (N-methyl/N-ethyl adjacent to an activating group) is 1. The molecule has 0 saturated carbocycles. The average Bonchev–Trinajstić information content (AvgIpc) is 2.43. The molecule has 1 rings (SSSR count). The van der Waals surface area contributed by atoms with E-state index in [1.54, 1.807) is 0 Å². The van der Waals surface area contributed by atoms with Gasteiger partial charge in [0.05, 0.1) is 6.10 Å². The first kappa shape index (κ1) is 7.54. The molecular formula is C7H13NO2. The smallest absolute Gasteiger partial charge is 0.254 e. The van der Waals surface area contributed by atoms with Crippen LogP contribution in [0.4, 0.5) is 0 Å². The monoisotopic (exact) mass is 143 g/mol. The second-order valence-corrected chi connectivity index (χ2v) is 2.73. The van der Waals surface area contributed by atoms with Crippen molar-refractivity contribution in [1.29, 1.82) is 0 Å². The van der Waals surface area contributed by atoms with E-state index in [9.17, 15) is 4.79 Å². The van der Waals surface area contributed by atoms with Crippen LogP contribution in [0.5, 0.6) is 0 Å². The van der Waals surface area contributed by atoms with Gasteiger partial charge < -0.3 is 10.1 Å². The largest absolute Gasteiger partial charge is 0.356 e. The first-order valence-electron chi connectivity index (χ1n) is 3.57. The van der Waals surface area contributed by atoms with E-state index < -0.39 is 5.60 Å². The molecule has 0 aliphatic carbocycles. The van der Waals surface area contributed by atoms with Gasteiger partial charge in [-0.05, 0) is 20.8 Å². The van der Waals surface area contributed by atoms with Crippen LogP contribution in [0.25, 0.3) is 0 Å². The minimum atomic E-state index is -0.532. The summed E-state index contributed by atoms with van der Waals surface area (Å²) in [6.07, 6.45) is 0.0825. The van der Waals surface area contributed by atoms with Gasteiger partial charge in [-0.3, -0.25) is 4.79 Å². The molecule has 1 saturated heterocycles. The van der Waals surface area contributed by atoms with Crippen molar-refractivity contribution in [2.45, 2.75) is 32.5 Å². The van der Waals surface area contributed by atoms with Gasteiger partial charge >= 0.3 is 0 Å². The van der Waals surface area contributed by atoms with Crippen LogP contribution in [0.15, 0.2) is 0 Å². The number of epoxide rings is 1. The Morgan fingerprint density at radius 2 is 2.30 bits per heavy atom. The lowest BCUT2D eigenvalue weighted by Crippen LogP contribution is -2.36. The maximum atomic E-state index is 11.1. The van der Waals surface area contributed by atoms with E-state index in [1.807, 2.05) is 20.8 Å². The second kappa shape index (κ2) is 2.23.